The number of fused-ring (bicyclic) bond motifs is 1. The molecule has 0 aromatic heterocycles. The predicted octanol–water partition coefficient (Wildman–Crippen LogP) is 3.28. The average molecular weight is 252 g/mol. The van der Waals surface area contributed by atoms with Gasteiger partial charge in [-0.3, -0.25) is 4.90 Å². The van der Waals surface area contributed by atoms with Crippen molar-refractivity contribution in [1.82, 2.24) is 10.2 Å². The van der Waals surface area contributed by atoms with Gasteiger partial charge in [-0.2, -0.15) is 0 Å². The van der Waals surface area contributed by atoms with Crippen molar-refractivity contribution in [3.63, 3.8) is 0 Å². The lowest BCUT2D eigenvalue weighted by atomic mass is 9.78. The number of piperidine rings is 1. The Bertz CT molecular complexity index is 225. The first-order valence-electron chi connectivity index (χ1n) is 8.22. The molecule has 2 atom stereocenters. The molecule has 0 bridgehead atoms. The molecule has 1 N–H and O–H groups in total. The normalized spacial score (nSPS) is 29.5. The van der Waals surface area contributed by atoms with E-state index in [1.165, 1.54) is 71.1 Å². The summed E-state index contributed by atoms with van der Waals surface area (Å²) in [7, 11) is 0. The highest BCUT2D eigenvalue weighted by Gasteiger charge is 2.32. The third kappa shape index (κ3) is 4.24. The van der Waals surface area contributed by atoms with Crippen LogP contribution in [0.2, 0.25) is 0 Å². The molecule has 18 heavy (non-hydrogen) atoms. The van der Waals surface area contributed by atoms with Gasteiger partial charge in [-0.25, -0.2) is 0 Å². The molecule has 1 aliphatic carbocycles. The van der Waals surface area contributed by atoms with E-state index in [2.05, 4.69) is 24.1 Å². The van der Waals surface area contributed by atoms with Crippen LogP contribution in [0.25, 0.3) is 0 Å². The molecule has 2 nitrogen and oxygen atoms in total. The second kappa shape index (κ2) is 7.49. The molecule has 0 radical (unpaired) electrons. The molecule has 0 amide bonds. The van der Waals surface area contributed by atoms with E-state index < -0.39 is 0 Å². The van der Waals surface area contributed by atoms with E-state index in [0.29, 0.717) is 0 Å². The van der Waals surface area contributed by atoms with Gasteiger partial charge in [-0.15, -0.1) is 0 Å². The highest BCUT2D eigenvalue weighted by atomic mass is 15.2. The van der Waals surface area contributed by atoms with Crippen LogP contribution in [0.1, 0.15) is 58.8 Å². The summed E-state index contributed by atoms with van der Waals surface area (Å²) in [6, 6.07) is 0.930. The lowest BCUT2D eigenvalue weighted by Crippen LogP contribution is -2.48. The Balaban J connectivity index is 1.65. The largest absolute Gasteiger partial charge is 0.315 e. The van der Waals surface area contributed by atoms with E-state index in [9.17, 15) is 0 Å². The minimum atomic E-state index is 0.829. The van der Waals surface area contributed by atoms with Crippen molar-refractivity contribution in [1.29, 1.82) is 0 Å². The molecule has 0 spiro atoms. The molecule has 1 saturated heterocycles. The highest BCUT2D eigenvalue weighted by Crippen LogP contribution is 2.34. The Morgan fingerprint density at radius 1 is 1.06 bits per heavy atom. The summed E-state index contributed by atoms with van der Waals surface area (Å²) in [5.74, 6) is 1.86. The quantitative estimate of drug-likeness (QED) is 0.730. The second-order valence-corrected chi connectivity index (χ2v) is 6.72. The number of hydrogen-bond donors (Lipinski definition) is 1. The Morgan fingerprint density at radius 2 is 1.83 bits per heavy atom. The van der Waals surface area contributed by atoms with Crippen LogP contribution in [-0.2, 0) is 0 Å². The van der Waals surface area contributed by atoms with Crippen molar-refractivity contribution in [2.75, 3.05) is 26.2 Å². The smallest absolute Gasteiger partial charge is 0.0124 e. The number of likely N-dealkylation sites (tertiary alicyclic amines) is 1. The molecular formula is C16H32N2. The molecule has 2 aliphatic rings. The number of hydrogen-bond acceptors (Lipinski definition) is 2. The van der Waals surface area contributed by atoms with Gasteiger partial charge in [0.1, 0.15) is 0 Å². The van der Waals surface area contributed by atoms with Gasteiger partial charge in [0, 0.05) is 19.1 Å². The fraction of sp³-hybridized carbons (Fsp3) is 1.00. The summed E-state index contributed by atoms with van der Waals surface area (Å²) in [5, 5.41) is 3.62. The minimum absolute atomic E-state index is 0.829. The number of nitrogens with one attached hydrogen (secondary N) is 1. The lowest BCUT2D eigenvalue weighted by Gasteiger charge is -2.44. The summed E-state index contributed by atoms with van der Waals surface area (Å²) >= 11 is 0. The highest BCUT2D eigenvalue weighted by molar-refractivity contribution is 4.87. The number of nitrogens with zero attached hydrogens (tertiary/aromatic N) is 1. The number of rotatable bonds is 6. The van der Waals surface area contributed by atoms with Crippen LogP contribution in [0.4, 0.5) is 0 Å². The van der Waals surface area contributed by atoms with E-state index in [1.807, 2.05) is 0 Å². The van der Waals surface area contributed by atoms with Gasteiger partial charge in [0.2, 0.25) is 0 Å². The molecule has 0 unspecified atom stereocenters. The molecule has 1 aliphatic heterocycles. The van der Waals surface area contributed by atoms with E-state index >= 15 is 0 Å². The SMILES string of the molecule is CC(C)CCNCCN1CCC[C@H]2CCCC[C@H]21. The summed E-state index contributed by atoms with van der Waals surface area (Å²) in [6.07, 6.45) is 10.2. The Morgan fingerprint density at radius 3 is 2.67 bits per heavy atom. The molecule has 2 rings (SSSR count). The minimum Gasteiger partial charge on any atom is -0.315 e. The van der Waals surface area contributed by atoms with Gasteiger partial charge in [-0.05, 0) is 57.0 Å². The van der Waals surface area contributed by atoms with Crippen LogP contribution in [-0.4, -0.2) is 37.1 Å². The summed E-state index contributed by atoms with van der Waals surface area (Å²) < 4.78 is 0. The molecule has 2 heteroatoms. The third-order valence-corrected chi connectivity index (χ3v) is 4.83. The van der Waals surface area contributed by atoms with E-state index in [0.717, 1.165) is 17.9 Å². The van der Waals surface area contributed by atoms with Crippen LogP contribution in [0.3, 0.4) is 0 Å². The van der Waals surface area contributed by atoms with E-state index in [-0.39, 0.29) is 0 Å². The van der Waals surface area contributed by atoms with Crippen molar-refractivity contribution in [2.45, 2.75) is 64.8 Å². The Hall–Kier alpha value is -0.0800. The molecule has 2 fully saturated rings. The topological polar surface area (TPSA) is 15.3 Å². The maximum atomic E-state index is 3.62. The second-order valence-electron chi connectivity index (χ2n) is 6.72. The van der Waals surface area contributed by atoms with Gasteiger partial charge < -0.3 is 5.32 Å². The van der Waals surface area contributed by atoms with Crippen molar-refractivity contribution >= 4 is 0 Å². The van der Waals surface area contributed by atoms with Crippen LogP contribution in [0, 0.1) is 11.8 Å². The third-order valence-electron chi connectivity index (χ3n) is 4.83. The zero-order valence-electron chi connectivity index (χ0n) is 12.5. The summed E-state index contributed by atoms with van der Waals surface area (Å²) in [4.78, 5) is 2.79. The molecular weight excluding hydrogens is 220 g/mol. The van der Waals surface area contributed by atoms with Crippen molar-refractivity contribution in [3.8, 4) is 0 Å². The summed E-state index contributed by atoms with van der Waals surface area (Å²) in [5.41, 5.74) is 0. The average Bonchev–Trinajstić information content (AvgIpc) is 2.38. The van der Waals surface area contributed by atoms with Crippen LogP contribution in [0.15, 0.2) is 0 Å². The monoisotopic (exact) mass is 252 g/mol. The van der Waals surface area contributed by atoms with Gasteiger partial charge in [0.15, 0.2) is 0 Å². The van der Waals surface area contributed by atoms with E-state index in [4.69, 9.17) is 0 Å². The van der Waals surface area contributed by atoms with Crippen molar-refractivity contribution in [3.05, 3.63) is 0 Å². The van der Waals surface area contributed by atoms with Crippen LogP contribution < -0.4 is 5.32 Å². The van der Waals surface area contributed by atoms with Crippen LogP contribution >= 0.6 is 0 Å². The van der Waals surface area contributed by atoms with E-state index in [1.54, 1.807) is 0 Å². The molecule has 1 heterocycles. The zero-order valence-corrected chi connectivity index (χ0v) is 12.5. The van der Waals surface area contributed by atoms with Crippen molar-refractivity contribution in [2.24, 2.45) is 11.8 Å². The zero-order chi connectivity index (χ0) is 12.8. The standard InChI is InChI=1S/C16H32N2/c1-14(2)9-10-17-11-13-18-12-5-7-15-6-3-4-8-16(15)18/h14-17H,3-13H2,1-2H3/t15-,16-/m1/s1. The predicted molar refractivity (Wildman–Crippen MR) is 78.9 cm³/mol. The maximum Gasteiger partial charge on any atom is 0.0124 e. The fourth-order valence-corrected chi connectivity index (χ4v) is 3.74. The first kappa shape index (κ1) is 14.3. The molecule has 1 saturated carbocycles. The van der Waals surface area contributed by atoms with Gasteiger partial charge in [0.05, 0.1) is 0 Å². The van der Waals surface area contributed by atoms with Gasteiger partial charge in [-0.1, -0.05) is 26.7 Å². The molecule has 106 valence electrons. The van der Waals surface area contributed by atoms with Crippen molar-refractivity contribution < 1.29 is 0 Å². The van der Waals surface area contributed by atoms with Gasteiger partial charge >= 0.3 is 0 Å². The fourth-order valence-electron chi connectivity index (χ4n) is 3.74. The first-order chi connectivity index (χ1) is 8.77. The Kier molecular flexibility index (Phi) is 5.97. The molecule has 0 aromatic carbocycles. The van der Waals surface area contributed by atoms with Crippen LogP contribution in [0.5, 0.6) is 0 Å². The first-order valence-corrected chi connectivity index (χ1v) is 8.22. The molecule has 0 aromatic rings. The lowest BCUT2D eigenvalue weighted by molar-refractivity contribution is 0.0618. The van der Waals surface area contributed by atoms with Gasteiger partial charge in [0.25, 0.3) is 0 Å². The maximum absolute atomic E-state index is 3.62. The summed E-state index contributed by atoms with van der Waals surface area (Å²) in [6.45, 7) is 9.62. The Labute approximate surface area is 114 Å².